The molecule has 0 N–H and O–H groups in total. The molecule has 2 saturated carbocycles. The number of benzene rings is 1. The smallest absolute Gasteiger partial charge is 0.165 e. The summed E-state index contributed by atoms with van der Waals surface area (Å²) in [5.74, 6) is 2.97. The summed E-state index contributed by atoms with van der Waals surface area (Å²) >= 11 is 0. The first-order valence-corrected chi connectivity index (χ1v) is 11.1. The summed E-state index contributed by atoms with van der Waals surface area (Å²) in [6.07, 6.45) is 9.46. The van der Waals surface area contributed by atoms with E-state index >= 15 is 0 Å². The second-order valence-electron chi connectivity index (χ2n) is 10.5. The lowest BCUT2D eigenvalue weighted by Gasteiger charge is -2.49. The minimum atomic E-state index is 0.218. The molecule has 3 fully saturated rings. The second kappa shape index (κ2) is 5.03. The van der Waals surface area contributed by atoms with Gasteiger partial charge in [0.15, 0.2) is 11.5 Å². The summed E-state index contributed by atoms with van der Waals surface area (Å²) in [5, 5.41) is 0. The molecule has 2 bridgehead atoms. The Hall–Kier alpha value is -1.22. The topological polar surface area (TPSA) is 21.5 Å². The van der Waals surface area contributed by atoms with Gasteiger partial charge in [-0.3, -0.25) is 4.90 Å². The molecular formula is C24H33NO2. The Bertz CT molecular complexity index is 817. The van der Waals surface area contributed by atoms with Crippen LogP contribution in [0.3, 0.4) is 0 Å². The zero-order chi connectivity index (χ0) is 18.6. The van der Waals surface area contributed by atoms with Gasteiger partial charge in [-0.25, -0.2) is 0 Å². The van der Waals surface area contributed by atoms with Crippen molar-refractivity contribution in [2.24, 2.45) is 11.3 Å². The van der Waals surface area contributed by atoms with Crippen LogP contribution in [-0.4, -0.2) is 36.2 Å². The van der Waals surface area contributed by atoms with Crippen LogP contribution >= 0.6 is 0 Å². The summed E-state index contributed by atoms with van der Waals surface area (Å²) in [5.41, 5.74) is 4.04. The molecule has 1 saturated heterocycles. The molecule has 2 heterocycles. The lowest BCUT2D eigenvalue weighted by molar-refractivity contribution is 0.0528. The fraction of sp³-hybridized carbons (Fsp3) is 0.750. The first kappa shape index (κ1) is 16.7. The number of hydrogen-bond acceptors (Lipinski definition) is 3. The largest absolute Gasteiger partial charge is 0.493 e. The Morgan fingerprint density at radius 1 is 1.30 bits per heavy atom. The molecule has 5 aliphatic rings. The van der Waals surface area contributed by atoms with E-state index in [4.69, 9.17) is 9.47 Å². The quantitative estimate of drug-likeness (QED) is 0.704. The van der Waals surface area contributed by atoms with Crippen molar-refractivity contribution in [2.45, 2.75) is 88.8 Å². The van der Waals surface area contributed by atoms with Crippen LogP contribution in [-0.2, 0) is 11.8 Å². The number of piperidine rings is 1. The molecule has 0 radical (unpaired) electrons. The van der Waals surface area contributed by atoms with Crippen molar-refractivity contribution in [3.8, 4) is 11.5 Å². The van der Waals surface area contributed by atoms with Crippen LogP contribution in [0.15, 0.2) is 12.1 Å². The van der Waals surface area contributed by atoms with Gasteiger partial charge in [-0.15, -0.1) is 0 Å². The van der Waals surface area contributed by atoms with Gasteiger partial charge >= 0.3 is 0 Å². The van der Waals surface area contributed by atoms with Crippen LogP contribution in [0.1, 0.15) is 70.4 Å². The maximum atomic E-state index is 6.61. The Labute approximate surface area is 163 Å². The minimum Gasteiger partial charge on any atom is -0.493 e. The Morgan fingerprint density at radius 3 is 2.81 bits per heavy atom. The molecule has 0 aromatic heterocycles. The van der Waals surface area contributed by atoms with E-state index in [0.717, 1.165) is 23.5 Å². The predicted molar refractivity (Wildman–Crippen MR) is 107 cm³/mol. The van der Waals surface area contributed by atoms with E-state index in [2.05, 4.69) is 37.8 Å². The van der Waals surface area contributed by atoms with Crippen LogP contribution < -0.4 is 9.47 Å². The summed E-state index contributed by atoms with van der Waals surface area (Å²) < 4.78 is 12.4. The molecule has 3 heteroatoms. The SMILES string of the molecule is CCCC12CC(C)Oc3c(OC)ccc4c3C1(C)CC1(C4)C2N1CC1CC1. The number of methoxy groups -OCH3 is 1. The molecule has 1 aromatic rings. The lowest BCUT2D eigenvalue weighted by Crippen LogP contribution is -2.49. The van der Waals surface area contributed by atoms with Crippen molar-refractivity contribution < 1.29 is 9.47 Å². The summed E-state index contributed by atoms with van der Waals surface area (Å²) in [7, 11) is 1.78. The number of hydrogen-bond donors (Lipinski definition) is 0. The van der Waals surface area contributed by atoms with Crippen molar-refractivity contribution in [3.63, 3.8) is 0 Å². The molecule has 1 spiro atoms. The van der Waals surface area contributed by atoms with Crippen molar-refractivity contribution in [1.29, 1.82) is 0 Å². The average molecular weight is 368 g/mol. The normalized spacial score (nSPS) is 45.7. The van der Waals surface area contributed by atoms with Gasteiger partial charge in [-0.05, 0) is 63.0 Å². The highest BCUT2D eigenvalue weighted by Gasteiger charge is 2.83. The zero-order valence-corrected chi connectivity index (χ0v) is 17.3. The molecule has 6 unspecified atom stereocenters. The first-order chi connectivity index (χ1) is 13.0. The maximum absolute atomic E-state index is 6.61. The molecule has 3 nitrogen and oxygen atoms in total. The second-order valence-corrected chi connectivity index (χ2v) is 10.5. The third kappa shape index (κ3) is 1.83. The maximum Gasteiger partial charge on any atom is 0.165 e. The van der Waals surface area contributed by atoms with Crippen molar-refractivity contribution >= 4 is 0 Å². The van der Waals surface area contributed by atoms with E-state index < -0.39 is 0 Å². The number of rotatable bonds is 5. The van der Waals surface area contributed by atoms with Gasteiger partial charge in [0.05, 0.1) is 13.2 Å². The van der Waals surface area contributed by atoms with E-state index in [1.54, 1.807) is 7.11 Å². The molecule has 2 aliphatic heterocycles. The third-order valence-electron chi connectivity index (χ3n) is 8.90. The molecule has 6 rings (SSSR count). The third-order valence-corrected chi connectivity index (χ3v) is 8.90. The van der Waals surface area contributed by atoms with E-state index in [0.29, 0.717) is 11.0 Å². The van der Waals surface area contributed by atoms with E-state index in [1.165, 1.54) is 62.6 Å². The molecule has 6 atom stereocenters. The van der Waals surface area contributed by atoms with Crippen molar-refractivity contribution in [2.75, 3.05) is 13.7 Å². The minimum absolute atomic E-state index is 0.218. The van der Waals surface area contributed by atoms with Crippen LogP contribution in [0, 0.1) is 11.3 Å². The first-order valence-electron chi connectivity index (χ1n) is 11.1. The number of nitrogens with zero attached hydrogens (tertiary/aromatic N) is 1. The van der Waals surface area contributed by atoms with Gasteiger partial charge in [-0.1, -0.05) is 26.3 Å². The summed E-state index contributed by atoms with van der Waals surface area (Å²) in [4.78, 5) is 2.95. The summed E-state index contributed by atoms with van der Waals surface area (Å²) in [6, 6.07) is 5.26. The van der Waals surface area contributed by atoms with Crippen molar-refractivity contribution in [3.05, 3.63) is 23.3 Å². The molecule has 0 amide bonds. The van der Waals surface area contributed by atoms with Crippen LogP contribution in [0.25, 0.3) is 0 Å². The highest BCUT2D eigenvalue weighted by atomic mass is 16.5. The van der Waals surface area contributed by atoms with Gasteiger partial charge in [0.1, 0.15) is 0 Å². The van der Waals surface area contributed by atoms with Gasteiger partial charge in [0, 0.05) is 34.5 Å². The lowest BCUT2D eigenvalue weighted by atomic mass is 9.56. The average Bonchev–Trinajstić information content (AvgIpc) is 3.52. The van der Waals surface area contributed by atoms with Gasteiger partial charge in [-0.2, -0.15) is 0 Å². The molecule has 27 heavy (non-hydrogen) atoms. The monoisotopic (exact) mass is 367 g/mol. The van der Waals surface area contributed by atoms with Crippen molar-refractivity contribution in [1.82, 2.24) is 4.90 Å². The Kier molecular flexibility index (Phi) is 3.11. The van der Waals surface area contributed by atoms with Gasteiger partial charge in [0.2, 0.25) is 0 Å². The molecule has 3 aliphatic carbocycles. The number of likely N-dealkylation sites (tertiary alicyclic amines) is 1. The standard InChI is InChI=1S/C24H33NO2/c1-5-10-23-11-15(2)27-20-18(26-4)9-8-17-12-24(14-22(23,3)19(17)20)21(23)25(24)13-16-6-7-16/h8-9,15-16,21H,5-7,10-14H2,1-4H3. The number of ether oxygens (including phenoxy) is 2. The molecule has 1 aromatic carbocycles. The number of fused-ring (bicyclic) bond motifs is 1. The van der Waals surface area contributed by atoms with Gasteiger partial charge in [0.25, 0.3) is 0 Å². The summed E-state index contributed by atoms with van der Waals surface area (Å²) in [6.45, 7) is 8.59. The van der Waals surface area contributed by atoms with Crippen LogP contribution in [0.4, 0.5) is 0 Å². The Morgan fingerprint density at radius 2 is 2.11 bits per heavy atom. The van der Waals surface area contributed by atoms with Crippen LogP contribution in [0.2, 0.25) is 0 Å². The fourth-order valence-corrected chi connectivity index (χ4v) is 8.02. The zero-order valence-electron chi connectivity index (χ0n) is 17.3. The van der Waals surface area contributed by atoms with Crippen LogP contribution in [0.5, 0.6) is 11.5 Å². The van der Waals surface area contributed by atoms with Gasteiger partial charge < -0.3 is 9.47 Å². The van der Waals surface area contributed by atoms with E-state index in [9.17, 15) is 0 Å². The molecular weight excluding hydrogens is 334 g/mol. The van der Waals surface area contributed by atoms with E-state index in [-0.39, 0.29) is 11.5 Å². The predicted octanol–water partition coefficient (Wildman–Crippen LogP) is 4.70. The van der Waals surface area contributed by atoms with E-state index in [1.807, 2.05) is 0 Å². The molecule has 146 valence electrons. The highest BCUT2D eigenvalue weighted by molar-refractivity contribution is 5.62. The Balaban J connectivity index is 1.58. The highest BCUT2D eigenvalue weighted by Crippen LogP contribution is 2.78. The fourth-order valence-electron chi connectivity index (χ4n) is 8.02.